The van der Waals surface area contributed by atoms with Gasteiger partial charge in [0.05, 0.1) is 17.7 Å². The summed E-state index contributed by atoms with van der Waals surface area (Å²) in [4.78, 5) is 30.2. The first-order valence-electron chi connectivity index (χ1n) is 15.5. The molecule has 0 spiro atoms. The first-order valence-corrected chi connectivity index (χ1v) is 17.8. The number of aryl methyl sites for hydroxylation is 2. The van der Waals surface area contributed by atoms with Crippen LogP contribution >= 0.6 is 15.9 Å². The van der Waals surface area contributed by atoms with E-state index in [0.29, 0.717) is 12.2 Å². The van der Waals surface area contributed by atoms with E-state index in [1.807, 2.05) is 88.4 Å². The minimum Gasteiger partial charge on any atom is -0.495 e. The number of amides is 2. The van der Waals surface area contributed by atoms with Crippen LogP contribution in [0.5, 0.6) is 5.75 Å². The second-order valence-corrected chi connectivity index (χ2v) is 14.5. The van der Waals surface area contributed by atoms with Crippen LogP contribution in [-0.4, -0.2) is 50.9 Å². The maximum absolute atomic E-state index is 14.7. The molecule has 0 aromatic heterocycles. The van der Waals surface area contributed by atoms with Crippen molar-refractivity contribution in [1.82, 2.24) is 10.2 Å². The van der Waals surface area contributed by atoms with Crippen molar-refractivity contribution in [1.29, 1.82) is 0 Å². The second kappa shape index (κ2) is 16.1. The molecule has 4 rings (SSSR count). The maximum Gasteiger partial charge on any atom is 0.264 e. The van der Waals surface area contributed by atoms with Crippen LogP contribution in [0, 0.1) is 13.8 Å². The van der Waals surface area contributed by atoms with Crippen LogP contribution < -0.4 is 14.4 Å². The summed E-state index contributed by atoms with van der Waals surface area (Å²) in [7, 11) is -2.80. The minimum absolute atomic E-state index is 0.0355. The van der Waals surface area contributed by atoms with Crippen molar-refractivity contribution in [3.8, 4) is 5.75 Å². The van der Waals surface area contributed by atoms with E-state index >= 15 is 0 Å². The smallest absolute Gasteiger partial charge is 0.264 e. The molecule has 2 unspecified atom stereocenters. The summed E-state index contributed by atoms with van der Waals surface area (Å²) in [6.45, 7) is 7.12. The van der Waals surface area contributed by atoms with Gasteiger partial charge in [0.2, 0.25) is 11.8 Å². The van der Waals surface area contributed by atoms with Gasteiger partial charge in [0, 0.05) is 23.5 Å². The van der Waals surface area contributed by atoms with Crippen LogP contribution in [-0.2, 0) is 32.6 Å². The van der Waals surface area contributed by atoms with Crippen LogP contribution in [0.2, 0.25) is 0 Å². The van der Waals surface area contributed by atoms with Crippen LogP contribution in [0.4, 0.5) is 5.69 Å². The molecule has 2 amide bonds. The number of carbonyl (C=O) groups is 2. The van der Waals surface area contributed by atoms with Crippen molar-refractivity contribution in [3.05, 3.63) is 124 Å². The van der Waals surface area contributed by atoms with E-state index in [2.05, 4.69) is 21.2 Å². The fraction of sp³-hybridized carbons (Fsp3) is 0.297. The van der Waals surface area contributed by atoms with Crippen molar-refractivity contribution in [2.24, 2.45) is 0 Å². The number of sulfonamides is 1. The van der Waals surface area contributed by atoms with Crippen molar-refractivity contribution in [2.45, 2.75) is 64.1 Å². The number of methoxy groups -OCH3 is 1. The molecule has 0 fully saturated rings. The third-order valence-electron chi connectivity index (χ3n) is 8.00. The Hall–Kier alpha value is -4.15. The van der Waals surface area contributed by atoms with Gasteiger partial charge in [0.15, 0.2) is 0 Å². The first kappa shape index (κ1) is 35.7. The number of benzene rings is 4. The van der Waals surface area contributed by atoms with Gasteiger partial charge in [0.1, 0.15) is 18.3 Å². The van der Waals surface area contributed by atoms with Crippen molar-refractivity contribution < 1.29 is 22.7 Å². The van der Waals surface area contributed by atoms with Gasteiger partial charge < -0.3 is 15.0 Å². The molecule has 248 valence electrons. The minimum atomic E-state index is -4.26. The number of anilines is 1. The molecule has 0 aliphatic carbocycles. The average Bonchev–Trinajstić information content (AvgIpc) is 3.05. The Bertz CT molecular complexity index is 1780. The molecule has 0 bridgehead atoms. The van der Waals surface area contributed by atoms with E-state index in [9.17, 15) is 18.0 Å². The lowest BCUT2D eigenvalue weighted by Crippen LogP contribution is -2.54. The van der Waals surface area contributed by atoms with E-state index in [-0.39, 0.29) is 35.5 Å². The molecule has 1 N–H and O–H groups in total. The van der Waals surface area contributed by atoms with Crippen molar-refractivity contribution in [2.75, 3.05) is 18.0 Å². The number of halogens is 1. The van der Waals surface area contributed by atoms with Crippen molar-refractivity contribution >= 4 is 43.5 Å². The first-order chi connectivity index (χ1) is 22.4. The summed E-state index contributed by atoms with van der Waals surface area (Å²) in [5, 5.41) is 3.06. The molecule has 0 heterocycles. The molecule has 4 aromatic carbocycles. The van der Waals surface area contributed by atoms with E-state index in [0.717, 1.165) is 31.0 Å². The van der Waals surface area contributed by atoms with E-state index in [4.69, 9.17) is 4.74 Å². The lowest BCUT2D eigenvalue weighted by Gasteiger charge is -2.34. The molecule has 0 saturated heterocycles. The van der Waals surface area contributed by atoms with Gasteiger partial charge in [-0.25, -0.2) is 8.42 Å². The molecule has 4 aromatic rings. The molecular formula is C37H42BrN3O5S. The summed E-state index contributed by atoms with van der Waals surface area (Å²) >= 11 is 3.52. The summed E-state index contributed by atoms with van der Waals surface area (Å²) in [5.41, 5.74) is 3.57. The van der Waals surface area contributed by atoms with Gasteiger partial charge in [-0.3, -0.25) is 13.9 Å². The number of nitrogens with zero attached hydrogens (tertiary/aromatic N) is 2. The zero-order valence-corrected chi connectivity index (χ0v) is 29.8. The van der Waals surface area contributed by atoms with Gasteiger partial charge in [-0.2, -0.15) is 0 Å². The van der Waals surface area contributed by atoms with Gasteiger partial charge in [-0.15, -0.1) is 0 Å². The van der Waals surface area contributed by atoms with Crippen molar-refractivity contribution in [3.63, 3.8) is 0 Å². The standard InChI is InChI=1S/C37H42BrN3O5S/c1-6-28(4)39-37(43)34(23-29-11-8-7-9-12-29)40(24-30-13-10-14-31(38)22-30)36(42)25-41(33-21-27(3)17-20-35(33)46-5)47(44,45)32-18-15-26(2)16-19-32/h7-22,28,34H,6,23-25H2,1-5H3,(H,39,43). The number of hydrogen-bond acceptors (Lipinski definition) is 5. The van der Waals surface area contributed by atoms with Gasteiger partial charge in [-0.1, -0.05) is 89.1 Å². The Balaban J connectivity index is 1.86. The molecule has 47 heavy (non-hydrogen) atoms. The summed E-state index contributed by atoms with van der Waals surface area (Å²) in [5.74, 6) is -0.551. The highest BCUT2D eigenvalue weighted by Gasteiger charge is 2.36. The lowest BCUT2D eigenvalue weighted by molar-refractivity contribution is -0.140. The number of carbonyl (C=O) groups excluding carboxylic acids is 2. The average molecular weight is 721 g/mol. The normalized spacial score (nSPS) is 12.6. The number of hydrogen-bond donors (Lipinski definition) is 1. The zero-order valence-electron chi connectivity index (χ0n) is 27.4. The number of nitrogens with one attached hydrogen (secondary N) is 1. The SMILES string of the molecule is CCC(C)NC(=O)C(Cc1ccccc1)N(Cc1cccc(Br)c1)C(=O)CN(c1cc(C)ccc1OC)S(=O)(=O)c1ccc(C)cc1. The Labute approximate surface area is 286 Å². The molecule has 2 atom stereocenters. The van der Waals surface area contributed by atoms with Gasteiger partial charge in [0.25, 0.3) is 10.0 Å². The Morgan fingerprint density at radius 3 is 2.17 bits per heavy atom. The predicted octanol–water partition coefficient (Wildman–Crippen LogP) is 6.82. The highest BCUT2D eigenvalue weighted by atomic mass is 79.9. The number of ether oxygens (including phenoxy) is 1. The maximum atomic E-state index is 14.7. The highest BCUT2D eigenvalue weighted by molar-refractivity contribution is 9.10. The molecule has 0 radical (unpaired) electrons. The quantitative estimate of drug-likeness (QED) is 0.154. The summed E-state index contributed by atoms with van der Waals surface area (Å²) < 4.78 is 36.3. The Morgan fingerprint density at radius 1 is 0.872 bits per heavy atom. The molecule has 0 aliphatic rings. The largest absolute Gasteiger partial charge is 0.495 e. The topological polar surface area (TPSA) is 96.0 Å². The van der Waals surface area contributed by atoms with Crippen LogP contribution in [0.25, 0.3) is 0 Å². The molecular weight excluding hydrogens is 678 g/mol. The molecule has 8 nitrogen and oxygen atoms in total. The van der Waals surface area contributed by atoms with E-state index in [1.165, 1.54) is 24.1 Å². The molecule has 0 aliphatic heterocycles. The predicted molar refractivity (Wildman–Crippen MR) is 190 cm³/mol. The molecule has 0 saturated carbocycles. The summed E-state index contributed by atoms with van der Waals surface area (Å²) in [6, 6.07) is 27.6. The fourth-order valence-corrected chi connectivity index (χ4v) is 7.04. The fourth-order valence-electron chi connectivity index (χ4n) is 5.17. The van der Waals surface area contributed by atoms with E-state index in [1.54, 1.807) is 24.3 Å². The Morgan fingerprint density at radius 2 is 1.53 bits per heavy atom. The van der Waals surface area contributed by atoms with Crippen LogP contribution in [0.3, 0.4) is 0 Å². The highest BCUT2D eigenvalue weighted by Crippen LogP contribution is 2.34. The lowest BCUT2D eigenvalue weighted by atomic mass is 10.0. The Kier molecular flexibility index (Phi) is 12.2. The van der Waals surface area contributed by atoms with Crippen LogP contribution in [0.1, 0.15) is 42.5 Å². The zero-order chi connectivity index (χ0) is 34.1. The van der Waals surface area contributed by atoms with E-state index < -0.39 is 28.5 Å². The van der Waals surface area contributed by atoms with Gasteiger partial charge in [-0.05, 0) is 80.3 Å². The van der Waals surface area contributed by atoms with Gasteiger partial charge >= 0.3 is 0 Å². The second-order valence-electron chi connectivity index (χ2n) is 11.7. The third-order valence-corrected chi connectivity index (χ3v) is 10.3. The monoisotopic (exact) mass is 719 g/mol. The number of rotatable bonds is 14. The third kappa shape index (κ3) is 9.23. The summed E-state index contributed by atoms with van der Waals surface area (Å²) in [6.07, 6.45) is 0.945. The van der Waals surface area contributed by atoms with Crippen LogP contribution in [0.15, 0.2) is 106 Å². The molecule has 10 heteroatoms.